The summed E-state index contributed by atoms with van der Waals surface area (Å²) >= 11 is 5.88. The fraction of sp³-hybridized carbons (Fsp3) is 0.235. The van der Waals surface area contributed by atoms with Crippen molar-refractivity contribution in [1.29, 1.82) is 5.26 Å². The Balaban J connectivity index is 1.53. The topological polar surface area (TPSA) is 57.7 Å². The van der Waals surface area contributed by atoms with Crippen LogP contribution >= 0.6 is 11.6 Å². The fourth-order valence-electron chi connectivity index (χ4n) is 2.99. The quantitative estimate of drug-likeness (QED) is 0.743. The van der Waals surface area contributed by atoms with Gasteiger partial charge >= 0.3 is 0 Å². The van der Waals surface area contributed by atoms with Gasteiger partial charge in [0.1, 0.15) is 11.9 Å². The average Bonchev–Trinajstić information content (AvgIpc) is 2.94. The molecule has 1 fully saturated rings. The Morgan fingerprint density at radius 1 is 1.30 bits per heavy atom. The lowest BCUT2D eigenvalue weighted by Gasteiger charge is -2.40. The molecule has 6 heteroatoms. The van der Waals surface area contributed by atoms with E-state index in [-0.39, 0.29) is 0 Å². The molecule has 3 heterocycles. The second-order valence-electron chi connectivity index (χ2n) is 5.82. The van der Waals surface area contributed by atoms with Crippen molar-refractivity contribution in [3.8, 4) is 6.07 Å². The van der Waals surface area contributed by atoms with Crippen molar-refractivity contribution < 1.29 is 0 Å². The predicted molar refractivity (Wildman–Crippen MR) is 89.4 cm³/mol. The van der Waals surface area contributed by atoms with Crippen LogP contribution in [0.2, 0.25) is 5.02 Å². The molecule has 1 aliphatic heterocycles. The summed E-state index contributed by atoms with van der Waals surface area (Å²) in [5.74, 6) is 1.27. The molecule has 2 aromatic heterocycles. The highest BCUT2D eigenvalue weighted by atomic mass is 35.5. The van der Waals surface area contributed by atoms with E-state index in [0.29, 0.717) is 16.5 Å². The fourth-order valence-corrected chi connectivity index (χ4v) is 3.15. The Bertz CT molecular complexity index is 905. The van der Waals surface area contributed by atoms with E-state index in [0.717, 1.165) is 36.4 Å². The Morgan fingerprint density at radius 3 is 2.87 bits per heavy atom. The maximum atomic E-state index is 9.40. The van der Waals surface area contributed by atoms with Gasteiger partial charge < -0.3 is 4.90 Å². The zero-order chi connectivity index (χ0) is 15.8. The smallest absolute Gasteiger partial charge is 0.147 e. The van der Waals surface area contributed by atoms with E-state index in [9.17, 15) is 5.26 Å². The van der Waals surface area contributed by atoms with Gasteiger partial charge in [0.15, 0.2) is 0 Å². The van der Waals surface area contributed by atoms with Crippen LogP contribution in [0.5, 0.6) is 0 Å². The van der Waals surface area contributed by atoms with Gasteiger partial charge in [0.25, 0.3) is 0 Å². The summed E-state index contributed by atoms with van der Waals surface area (Å²) in [5, 5.41) is 15.3. The molecule has 0 atom stereocenters. The molecule has 0 spiro atoms. The number of rotatable bonds is 3. The van der Waals surface area contributed by atoms with Crippen LogP contribution in [-0.2, 0) is 6.54 Å². The third-order valence-corrected chi connectivity index (χ3v) is 4.32. The van der Waals surface area contributed by atoms with Crippen molar-refractivity contribution in [2.24, 2.45) is 5.92 Å². The maximum absolute atomic E-state index is 9.40. The maximum Gasteiger partial charge on any atom is 0.147 e. The first kappa shape index (κ1) is 14.0. The minimum Gasteiger partial charge on any atom is -0.355 e. The molecule has 0 amide bonds. The normalized spacial score (nSPS) is 14.7. The Hall–Kier alpha value is -2.58. The van der Waals surface area contributed by atoms with Gasteiger partial charge in [-0.25, -0.2) is 4.98 Å². The molecule has 4 rings (SSSR count). The number of fused-ring (bicyclic) bond motifs is 1. The molecule has 0 saturated carbocycles. The zero-order valence-electron chi connectivity index (χ0n) is 12.4. The Kier molecular flexibility index (Phi) is 3.40. The highest BCUT2D eigenvalue weighted by Crippen LogP contribution is 2.29. The van der Waals surface area contributed by atoms with Gasteiger partial charge in [0.2, 0.25) is 0 Å². The summed E-state index contributed by atoms with van der Waals surface area (Å²) in [4.78, 5) is 6.83. The van der Waals surface area contributed by atoms with Crippen LogP contribution < -0.4 is 4.90 Å². The lowest BCUT2D eigenvalue weighted by molar-refractivity contribution is 0.340. The number of hydrogen-bond donors (Lipinski definition) is 0. The van der Waals surface area contributed by atoms with Crippen molar-refractivity contribution in [3.63, 3.8) is 0 Å². The third kappa shape index (κ3) is 2.62. The van der Waals surface area contributed by atoms with E-state index in [1.807, 2.05) is 41.2 Å². The van der Waals surface area contributed by atoms with Crippen molar-refractivity contribution in [2.75, 3.05) is 18.0 Å². The number of halogens is 1. The number of aromatic nitrogens is 3. The van der Waals surface area contributed by atoms with Gasteiger partial charge in [-0.1, -0.05) is 29.8 Å². The van der Waals surface area contributed by atoms with Gasteiger partial charge in [-0.2, -0.15) is 10.4 Å². The number of anilines is 1. The summed E-state index contributed by atoms with van der Waals surface area (Å²) < 4.78 is 1.86. The number of nitrogens with zero attached hydrogens (tertiary/aromatic N) is 5. The van der Waals surface area contributed by atoms with E-state index in [1.165, 1.54) is 0 Å². The van der Waals surface area contributed by atoms with Gasteiger partial charge in [0.05, 0.1) is 22.3 Å². The molecule has 0 radical (unpaired) electrons. The first-order valence-electron chi connectivity index (χ1n) is 7.46. The average molecular weight is 324 g/mol. The molecular weight excluding hydrogens is 310 g/mol. The van der Waals surface area contributed by atoms with Crippen LogP contribution in [0.1, 0.15) is 5.56 Å². The summed E-state index contributed by atoms with van der Waals surface area (Å²) in [6.07, 6.45) is 3.48. The standard InChI is InChI=1S/C17H14ClN5/c18-15-7-20-23(11-15)10-12-8-22(9-12)17-14(6-19)5-13-3-1-2-4-16(13)21-17/h1-5,7,11-12H,8-10H2. The van der Waals surface area contributed by atoms with Crippen molar-refractivity contribution >= 4 is 28.3 Å². The van der Waals surface area contributed by atoms with Crippen LogP contribution in [0.4, 0.5) is 5.82 Å². The van der Waals surface area contributed by atoms with E-state index in [2.05, 4.69) is 21.1 Å². The van der Waals surface area contributed by atoms with Crippen molar-refractivity contribution in [2.45, 2.75) is 6.54 Å². The zero-order valence-corrected chi connectivity index (χ0v) is 13.1. The van der Waals surface area contributed by atoms with Crippen LogP contribution in [-0.4, -0.2) is 27.9 Å². The SMILES string of the molecule is N#Cc1cc2ccccc2nc1N1CC(Cn2cc(Cl)cn2)C1. The minimum absolute atomic E-state index is 0.491. The van der Waals surface area contributed by atoms with Gasteiger partial charge in [-0.3, -0.25) is 4.68 Å². The second kappa shape index (κ2) is 5.56. The monoisotopic (exact) mass is 323 g/mol. The highest BCUT2D eigenvalue weighted by Gasteiger charge is 2.30. The minimum atomic E-state index is 0.491. The molecule has 0 aliphatic carbocycles. The van der Waals surface area contributed by atoms with E-state index >= 15 is 0 Å². The van der Waals surface area contributed by atoms with E-state index < -0.39 is 0 Å². The third-order valence-electron chi connectivity index (χ3n) is 4.13. The summed E-state index contributed by atoms with van der Waals surface area (Å²) in [6, 6.07) is 12.1. The Labute approximate surface area is 138 Å². The summed E-state index contributed by atoms with van der Waals surface area (Å²) in [5.41, 5.74) is 1.55. The number of benzene rings is 1. The lowest BCUT2D eigenvalue weighted by Crippen LogP contribution is -2.49. The number of para-hydroxylation sites is 1. The van der Waals surface area contributed by atoms with Gasteiger partial charge in [-0.05, 0) is 12.1 Å². The molecule has 0 bridgehead atoms. The lowest BCUT2D eigenvalue weighted by atomic mass is 9.99. The molecule has 1 aromatic carbocycles. The second-order valence-corrected chi connectivity index (χ2v) is 6.25. The molecule has 1 saturated heterocycles. The number of hydrogen-bond acceptors (Lipinski definition) is 4. The molecule has 1 aliphatic rings. The molecule has 0 unspecified atom stereocenters. The predicted octanol–water partition coefficient (Wildman–Crippen LogP) is 3.09. The first-order valence-corrected chi connectivity index (χ1v) is 7.83. The van der Waals surface area contributed by atoms with Crippen LogP contribution in [0.15, 0.2) is 42.7 Å². The van der Waals surface area contributed by atoms with Crippen molar-refractivity contribution in [1.82, 2.24) is 14.8 Å². The van der Waals surface area contributed by atoms with Crippen molar-refractivity contribution in [3.05, 3.63) is 53.3 Å². The highest BCUT2D eigenvalue weighted by molar-refractivity contribution is 6.30. The molecule has 23 heavy (non-hydrogen) atoms. The molecule has 114 valence electrons. The number of pyridine rings is 1. The largest absolute Gasteiger partial charge is 0.355 e. The molecule has 0 N–H and O–H groups in total. The van der Waals surface area contributed by atoms with E-state index in [4.69, 9.17) is 11.6 Å². The van der Waals surface area contributed by atoms with Gasteiger partial charge in [-0.15, -0.1) is 0 Å². The van der Waals surface area contributed by atoms with Crippen LogP contribution in [0, 0.1) is 17.2 Å². The number of nitriles is 1. The van der Waals surface area contributed by atoms with Crippen LogP contribution in [0.25, 0.3) is 10.9 Å². The molecular formula is C17H14ClN5. The summed E-state index contributed by atoms with van der Waals surface area (Å²) in [7, 11) is 0. The van der Waals surface area contributed by atoms with Gasteiger partial charge in [0, 0.05) is 37.1 Å². The van der Waals surface area contributed by atoms with Crippen LogP contribution in [0.3, 0.4) is 0 Å². The first-order chi connectivity index (χ1) is 11.2. The Morgan fingerprint density at radius 2 is 2.13 bits per heavy atom. The molecule has 5 nitrogen and oxygen atoms in total. The summed E-state index contributed by atoms with van der Waals surface area (Å²) in [6.45, 7) is 2.58. The van der Waals surface area contributed by atoms with E-state index in [1.54, 1.807) is 6.20 Å². The molecule has 3 aromatic rings.